The number of anilines is 1. The fourth-order valence-corrected chi connectivity index (χ4v) is 4.70. The molecule has 5 rings (SSSR count). The third-order valence-corrected chi connectivity index (χ3v) is 6.78. The molecule has 0 bridgehead atoms. The maximum atomic E-state index is 12.7. The highest BCUT2D eigenvalue weighted by atomic mass is 16.5. The van der Waals surface area contributed by atoms with Gasteiger partial charge >= 0.3 is 0 Å². The normalized spacial score (nSPS) is 23.2. The van der Waals surface area contributed by atoms with Crippen molar-refractivity contribution in [1.29, 1.82) is 5.26 Å². The molecule has 6 nitrogen and oxygen atoms in total. The number of hydrogen-bond acceptors (Lipinski definition) is 5. The zero-order valence-electron chi connectivity index (χ0n) is 18.1. The maximum absolute atomic E-state index is 12.7. The zero-order chi connectivity index (χ0) is 22.3. The number of nitriles is 1. The van der Waals surface area contributed by atoms with Crippen LogP contribution in [0.15, 0.2) is 54.6 Å². The van der Waals surface area contributed by atoms with Gasteiger partial charge in [0.25, 0.3) is 5.91 Å². The van der Waals surface area contributed by atoms with Crippen LogP contribution < -0.4 is 15.4 Å². The number of ether oxygens (including phenoxy) is 1. The molecule has 32 heavy (non-hydrogen) atoms. The number of amides is 1. The molecule has 2 atom stereocenters. The van der Waals surface area contributed by atoms with E-state index in [0.717, 1.165) is 41.6 Å². The molecule has 0 saturated heterocycles. The Balaban J connectivity index is 1.62. The van der Waals surface area contributed by atoms with Gasteiger partial charge in [0.05, 0.1) is 11.8 Å². The van der Waals surface area contributed by atoms with Crippen molar-refractivity contribution < 1.29 is 9.53 Å². The van der Waals surface area contributed by atoms with Gasteiger partial charge in [-0.3, -0.25) is 9.69 Å². The molecular weight excluding hydrogens is 400 g/mol. The lowest BCUT2D eigenvalue weighted by Crippen LogP contribution is -2.45. The van der Waals surface area contributed by atoms with E-state index in [0.29, 0.717) is 11.6 Å². The van der Waals surface area contributed by atoms with E-state index in [1.165, 1.54) is 11.3 Å². The van der Waals surface area contributed by atoms with E-state index >= 15 is 0 Å². The number of pyridine rings is 1. The second-order valence-corrected chi connectivity index (χ2v) is 8.84. The fourth-order valence-electron chi connectivity index (χ4n) is 4.70. The summed E-state index contributed by atoms with van der Waals surface area (Å²) in [5, 5.41) is 9.28. The Morgan fingerprint density at radius 1 is 1.28 bits per heavy atom. The second kappa shape index (κ2) is 7.92. The third kappa shape index (κ3) is 3.39. The van der Waals surface area contributed by atoms with Crippen LogP contribution in [0.25, 0.3) is 11.3 Å². The summed E-state index contributed by atoms with van der Waals surface area (Å²) in [6.07, 6.45) is 11.7. The largest absolute Gasteiger partial charge is 0.463 e. The van der Waals surface area contributed by atoms with E-state index in [9.17, 15) is 10.1 Å². The molecule has 1 fully saturated rings. The second-order valence-electron chi connectivity index (χ2n) is 8.84. The molecule has 1 aromatic carbocycles. The van der Waals surface area contributed by atoms with Crippen molar-refractivity contribution in [3.8, 4) is 23.2 Å². The quantitative estimate of drug-likeness (QED) is 0.735. The zero-order valence-corrected chi connectivity index (χ0v) is 18.1. The molecule has 1 amide bonds. The Kier molecular flexibility index (Phi) is 5.07. The van der Waals surface area contributed by atoms with Crippen LogP contribution >= 0.6 is 0 Å². The van der Waals surface area contributed by atoms with Gasteiger partial charge in [0, 0.05) is 17.0 Å². The van der Waals surface area contributed by atoms with E-state index in [1.807, 2.05) is 18.2 Å². The number of allylic oxidation sites excluding steroid dienone is 4. The summed E-state index contributed by atoms with van der Waals surface area (Å²) < 4.78 is 5.87. The first-order chi connectivity index (χ1) is 15.5. The monoisotopic (exact) mass is 426 g/mol. The predicted molar refractivity (Wildman–Crippen MR) is 123 cm³/mol. The van der Waals surface area contributed by atoms with E-state index in [4.69, 9.17) is 15.5 Å². The molecule has 2 aliphatic carbocycles. The highest BCUT2D eigenvalue weighted by Crippen LogP contribution is 2.43. The lowest BCUT2D eigenvalue weighted by molar-refractivity contribution is -0.125. The van der Waals surface area contributed by atoms with Gasteiger partial charge in [-0.1, -0.05) is 48.6 Å². The van der Waals surface area contributed by atoms with Crippen LogP contribution in [0.3, 0.4) is 0 Å². The van der Waals surface area contributed by atoms with Gasteiger partial charge in [0.2, 0.25) is 5.88 Å². The van der Waals surface area contributed by atoms with Crippen LogP contribution in [0.4, 0.5) is 5.69 Å². The van der Waals surface area contributed by atoms with Gasteiger partial charge in [-0.25, -0.2) is 4.98 Å². The predicted octanol–water partition coefficient (Wildman–Crippen LogP) is 4.32. The van der Waals surface area contributed by atoms with Crippen molar-refractivity contribution in [2.45, 2.75) is 50.2 Å². The molecule has 0 radical (unpaired) electrons. The Labute approximate surface area is 188 Å². The highest BCUT2D eigenvalue weighted by molar-refractivity contribution is 6.00. The number of nitrogens with two attached hydrogens (primary N) is 1. The van der Waals surface area contributed by atoms with Crippen LogP contribution in [0, 0.1) is 11.3 Å². The van der Waals surface area contributed by atoms with Crippen LogP contribution in [0.1, 0.15) is 49.7 Å². The number of rotatable bonds is 4. The summed E-state index contributed by atoms with van der Waals surface area (Å²) >= 11 is 0. The summed E-state index contributed by atoms with van der Waals surface area (Å²) in [7, 11) is 0. The Bertz CT molecular complexity index is 1160. The Morgan fingerprint density at radius 3 is 2.69 bits per heavy atom. The van der Waals surface area contributed by atoms with Crippen molar-refractivity contribution in [2.24, 2.45) is 5.73 Å². The Hall–Kier alpha value is -3.43. The Morgan fingerprint density at radius 2 is 2.06 bits per heavy atom. The van der Waals surface area contributed by atoms with Crippen molar-refractivity contribution in [2.75, 3.05) is 11.4 Å². The minimum absolute atomic E-state index is 0.0340. The first-order valence-corrected chi connectivity index (χ1v) is 11.1. The molecule has 1 aromatic heterocycles. The standard InChI is InChI=1S/C26H26N4O2/c1-17-25(31)30(15-14-27)22-16-21(18-6-3-2-4-7-18)23(29-24(22)32-17)19-8-10-20(11-9-19)26(28)12-5-13-26/h2-4,6,8-11,16-18H,5,7,12-13,15,28H2,1H3. The van der Waals surface area contributed by atoms with Crippen molar-refractivity contribution in [3.63, 3.8) is 0 Å². The average Bonchev–Trinajstić information content (AvgIpc) is 2.80. The number of benzene rings is 1. The molecule has 1 saturated carbocycles. The molecule has 2 aromatic rings. The topological polar surface area (TPSA) is 92.2 Å². The summed E-state index contributed by atoms with van der Waals surface area (Å²) in [6, 6.07) is 12.4. The first-order valence-electron chi connectivity index (χ1n) is 11.1. The van der Waals surface area contributed by atoms with Gasteiger partial charge < -0.3 is 10.5 Å². The SMILES string of the molecule is CC1Oc2nc(-c3ccc(C4(N)CCC4)cc3)c(C3C=CC=CC3)cc2N(CC#N)C1=O. The molecule has 1 aliphatic heterocycles. The molecule has 2 N–H and O–H groups in total. The van der Waals surface area contributed by atoms with Crippen LogP contribution in [-0.2, 0) is 10.3 Å². The highest BCUT2D eigenvalue weighted by Gasteiger charge is 2.36. The van der Waals surface area contributed by atoms with Crippen LogP contribution in [0.2, 0.25) is 0 Å². The summed E-state index contributed by atoms with van der Waals surface area (Å²) in [5.74, 6) is 0.287. The number of nitrogens with zero attached hydrogens (tertiary/aromatic N) is 3. The number of fused-ring (bicyclic) bond motifs is 1. The average molecular weight is 427 g/mol. The number of carbonyl (C=O) groups is 1. The van der Waals surface area contributed by atoms with Gasteiger partial charge in [-0.05, 0) is 49.8 Å². The number of aromatic nitrogens is 1. The van der Waals surface area contributed by atoms with E-state index in [-0.39, 0.29) is 23.9 Å². The molecule has 162 valence electrons. The van der Waals surface area contributed by atoms with Crippen molar-refractivity contribution >= 4 is 11.6 Å². The van der Waals surface area contributed by atoms with Crippen molar-refractivity contribution in [3.05, 3.63) is 65.8 Å². The fraction of sp³-hybridized carbons (Fsp3) is 0.346. The maximum Gasteiger partial charge on any atom is 0.268 e. The summed E-state index contributed by atoms with van der Waals surface area (Å²) in [4.78, 5) is 19.0. The van der Waals surface area contributed by atoms with E-state index in [2.05, 4.69) is 42.5 Å². The smallest absolute Gasteiger partial charge is 0.268 e. The minimum atomic E-state index is -0.683. The summed E-state index contributed by atoms with van der Waals surface area (Å²) in [6.45, 7) is 1.65. The van der Waals surface area contributed by atoms with Gasteiger partial charge in [-0.15, -0.1) is 0 Å². The lowest BCUT2D eigenvalue weighted by atomic mass is 9.72. The summed E-state index contributed by atoms with van der Waals surface area (Å²) in [5.41, 5.74) is 10.8. The van der Waals surface area contributed by atoms with Gasteiger partial charge in [-0.2, -0.15) is 5.26 Å². The number of carbonyl (C=O) groups excluding carboxylic acids is 1. The van der Waals surface area contributed by atoms with Crippen LogP contribution in [-0.4, -0.2) is 23.5 Å². The third-order valence-electron chi connectivity index (χ3n) is 6.78. The molecule has 6 heteroatoms. The minimum Gasteiger partial charge on any atom is -0.463 e. The molecule has 2 heterocycles. The molecule has 3 aliphatic rings. The van der Waals surface area contributed by atoms with Gasteiger partial charge in [0.15, 0.2) is 6.10 Å². The lowest BCUT2D eigenvalue weighted by Gasteiger charge is -2.38. The van der Waals surface area contributed by atoms with Crippen LogP contribution in [0.5, 0.6) is 5.88 Å². The number of hydrogen-bond donors (Lipinski definition) is 1. The van der Waals surface area contributed by atoms with Gasteiger partial charge in [0.1, 0.15) is 12.2 Å². The molecule has 0 spiro atoms. The van der Waals surface area contributed by atoms with E-state index < -0.39 is 6.10 Å². The first kappa shape index (κ1) is 20.5. The molecular formula is C26H26N4O2. The molecule has 2 unspecified atom stereocenters. The van der Waals surface area contributed by atoms with E-state index in [1.54, 1.807) is 6.92 Å². The van der Waals surface area contributed by atoms with Crippen molar-refractivity contribution in [1.82, 2.24) is 4.98 Å².